The van der Waals surface area contributed by atoms with Gasteiger partial charge >= 0.3 is 0 Å². The van der Waals surface area contributed by atoms with E-state index in [9.17, 15) is 0 Å². The summed E-state index contributed by atoms with van der Waals surface area (Å²) >= 11 is 5.10. The highest BCUT2D eigenvalue weighted by atomic mass is 32.1. The number of aryl methyl sites for hydroxylation is 2. The molecule has 2 aromatic rings. The lowest BCUT2D eigenvalue weighted by Gasteiger charge is -2.06. The summed E-state index contributed by atoms with van der Waals surface area (Å²) in [4.78, 5) is 0. The minimum absolute atomic E-state index is 0.378. The Morgan fingerprint density at radius 3 is 2.60 bits per heavy atom. The van der Waals surface area contributed by atoms with Gasteiger partial charge in [0.15, 0.2) is 0 Å². The molecule has 1 aromatic carbocycles. The van der Waals surface area contributed by atoms with Crippen molar-refractivity contribution in [2.45, 2.75) is 13.8 Å². The van der Waals surface area contributed by atoms with Crippen LogP contribution in [0.4, 0.5) is 5.95 Å². The lowest BCUT2D eigenvalue weighted by atomic mass is 10.1. The summed E-state index contributed by atoms with van der Waals surface area (Å²) in [6.07, 6.45) is 0. The van der Waals surface area contributed by atoms with Gasteiger partial charge in [0.05, 0.1) is 5.69 Å². The Balaban J connectivity index is 2.65. The summed E-state index contributed by atoms with van der Waals surface area (Å²) in [6, 6.07) is 6.06. The average molecular weight is 220 g/mol. The van der Waals surface area contributed by atoms with Crippen LogP contribution in [-0.4, -0.2) is 14.8 Å². The molecule has 0 amide bonds. The zero-order valence-corrected chi connectivity index (χ0v) is 9.43. The number of nitrogens with one attached hydrogen (secondary N) is 1. The van der Waals surface area contributed by atoms with E-state index in [4.69, 9.17) is 18.0 Å². The van der Waals surface area contributed by atoms with E-state index in [2.05, 4.69) is 24.0 Å². The summed E-state index contributed by atoms with van der Waals surface area (Å²) in [5.41, 5.74) is 9.10. The topological polar surface area (TPSA) is 59.6 Å². The molecule has 4 nitrogen and oxygen atoms in total. The highest BCUT2D eigenvalue weighted by Crippen LogP contribution is 2.16. The van der Waals surface area contributed by atoms with Gasteiger partial charge in [0.2, 0.25) is 10.7 Å². The summed E-state index contributed by atoms with van der Waals surface area (Å²) in [5, 5.41) is 6.53. The quantitative estimate of drug-likeness (QED) is 0.724. The molecule has 0 saturated carbocycles. The van der Waals surface area contributed by atoms with Crippen molar-refractivity contribution in [3.8, 4) is 5.69 Å². The maximum atomic E-state index is 5.72. The van der Waals surface area contributed by atoms with Crippen LogP contribution in [0.5, 0.6) is 0 Å². The largest absolute Gasteiger partial charge is 0.368 e. The molecule has 0 saturated heterocycles. The van der Waals surface area contributed by atoms with Gasteiger partial charge in [-0.3, -0.25) is 4.57 Å². The second-order valence-corrected chi connectivity index (χ2v) is 3.88. The van der Waals surface area contributed by atoms with E-state index in [1.807, 2.05) is 18.2 Å². The van der Waals surface area contributed by atoms with E-state index < -0.39 is 0 Å². The van der Waals surface area contributed by atoms with Crippen molar-refractivity contribution in [1.29, 1.82) is 0 Å². The zero-order valence-electron chi connectivity index (χ0n) is 8.61. The number of anilines is 1. The third-order valence-electron chi connectivity index (χ3n) is 2.45. The molecular weight excluding hydrogens is 208 g/mol. The van der Waals surface area contributed by atoms with Gasteiger partial charge in [0.1, 0.15) is 0 Å². The van der Waals surface area contributed by atoms with Gasteiger partial charge in [-0.25, -0.2) is 5.10 Å². The van der Waals surface area contributed by atoms with E-state index in [1.165, 1.54) is 11.1 Å². The maximum Gasteiger partial charge on any atom is 0.225 e. The first-order valence-corrected chi connectivity index (χ1v) is 5.01. The molecule has 1 heterocycles. The van der Waals surface area contributed by atoms with Gasteiger partial charge in [-0.05, 0) is 49.3 Å². The van der Waals surface area contributed by atoms with Crippen molar-refractivity contribution in [3.63, 3.8) is 0 Å². The van der Waals surface area contributed by atoms with Crippen LogP contribution in [0.15, 0.2) is 18.2 Å². The van der Waals surface area contributed by atoms with Crippen molar-refractivity contribution < 1.29 is 0 Å². The molecule has 2 rings (SSSR count). The minimum atomic E-state index is 0.378. The van der Waals surface area contributed by atoms with Gasteiger partial charge in [0, 0.05) is 0 Å². The van der Waals surface area contributed by atoms with Gasteiger partial charge in [-0.15, -0.1) is 5.10 Å². The molecule has 0 radical (unpaired) electrons. The number of nitrogens with two attached hydrogens (primary N) is 1. The van der Waals surface area contributed by atoms with Crippen LogP contribution in [0.3, 0.4) is 0 Å². The molecule has 0 unspecified atom stereocenters. The normalized spacial score (nSPS) is 10.5. The molecule has 0 bridgehead atoms. The first kappa shape index (κ1) is 9.92. The highest BCUT2D eigenvalue weighted by molar-refractivity contribution is 7.71. The van der Waals surface area contributed by atoms with Crippen LogP contribution in [0.2, 0.25) is 0 Å². The Bertz CT molecular complexity index is 553. The number of aromatic amines is 1. The molecular formula is C10H12N4S. The average Bonchev–Trinajstić information content (AvgIpc) is 2.52. The fourth-order valence-corrected chi connectivity index (χ4v) is 1.67. The predicted molar refractivity (Wildman–Crippen MR) is 62.6 cm³/mol. The Kier molecular flexibility index (Phi) is 2.32. The molecule has 0 spiro atoms. The van der Waals surface area contributed by atoms with Crippen molar-refractivity contribution in [2.24, 2.45) is 0 Å². The second-order valence-electron chi connectivity index (χ2n) is 3.49. The van der Waals surface area contributed by atoms with E-state index in [0.29, 0.717) is 10.7 Å². The van der Waals surface area contributed by atoms with Crippen molar-refractivity contribution in [1.82, 2.24) is 14.8 Å². The number of benzene rings is 1. The molecule has 0 aliphatic heterocycles. The van der Waals surface area contributed by atoms with Crippen LogP contribution >= 0.6 is 12.2 Å². The first-order valence-electron chi connectivity index (χ1n) is 4.60. The Morgan fingerprint density at radius 1 is 1.33 bits per heavy atom. The molecule has 0 atom stereocenters. The monoisotopic (exact) mass is 220 g/mol. The summed E-state index contributed by atoms with van der Waals surface area (Å²) in [5.74, 6) is 0.378. The van der Waals surface area contributed by atoms with Gasteiger partial charge in [-0.2, -0.15) is 0 Å². The Hall–Kier alpha value is -1.62. The lowest BCUT2D eigenvalue weighted by Crippen LogP contribution is -2.01. The fraction of sp³-hybridized carbons (Fsp3) is 0.200. The van der Waals surface area contributed by atoms with Crippen LogP contribution in [0.25, 0.3) is 5.69 Å². The third kappa shape index (κ3) is 1.66. The number of nitrogen functional groups attached to an aromatic ring is 1. The SMILES string of the molecule is Cc1ccc(-n2c(N)n[nH]c2=S)cc1C. The third-order valence-corrected chi connectivity index (χ3v) is 2.72. The lowest BCUT2D eigenvalue weighted by molar-refractivity contribution is 1.03. The molecule has 1 aromatic heterocycles. The number of nitrogens with zero attached hydrogens (tertiary/aromatic N) is 2. The van der Waals surface area contributed by atoms with Crippen LogP contribution in [-0.2, 0) is 0 Å². The smallest absolute Gasteiger partial charge is 0.225 e. The highest BCUT2D eigenvalue weighted by Gasteiger charge is 2.05. The van der Waals surface area contributed by atoms with Crippen LogP contribution < -0.4 is 5.73 Å². The molecule has 0 fully saturated rings. The van der Waals surface area contributed by atoms with E-state index in [0.717, 1.165) is 5.69 Å². The number of hydrogen-bond acceptors (Lipinski definition) is 3. The van der Waals surface area contributed by atoms with E-state index >= 15 is 0 Å². The molecule has 0 aliphatic rings. The zero-order chi connectivity index (χ0) is 11.0. The number of H-pyrrole nitrogens is 1. The number of rotatable bonds is 1. The van der Waals surface area contributed by atoms with Gasteiger partial charge in [-0.1, -0.05) is 6.07 Å². The predicted octanol–water partition coefficient (Wildman–Crippen LogP) is 2.13. The van der Waals surface area contributed by atoms with E-state index in [-0.39, 0.29) is 0 Å². The van der Waals surface area contributed by atoms with Crippen LogP contribution in [0, 0.1) is 18.6 Å². The summed E-state index contributed by atoms with van der Waals surface area (Å²) < 4.78 is 2.22. The fourth-order valence-electron chi connectivity index (χ4n) is 1.42. The van der Waals surface area contributed by atoms with Crippen molar-refractivity contribution in [3.05, 3.63) is 34.1 Å². The first-order chi connectivity index (χ1) is 7.09. The molecule has 0 aliphatic carbocycles. The summed E-state index contributed by atoms with van der Waals surface area (Å²) in [7, 11) is 0. The Morgan fingerprint density at radius 2 is 2.07 bits per heavy atom. The number of hydrogen-bond donors (Lipinski definition) is 2. The molecule has 15 heavy (non-hydrogen) atoms. The van der Waals surface area contributed by atoms with Crippen molar-refractivity contribution >= 4 is 18.2 Å². The molecule has 78 valence electrons. The standard InChI is InChI=1S/C10H12N4S/c1-6-3-4-8(5-7(6)2)14-9(11)12-13-10(14)15/h3-5H,1-2H3,(H2,11,12)(H,13,15). The second kappa shape index (κ2) is 3.51. The van der Waals surface area contributed by atoms with Crippen LogP contribution in [0.1, 0.15) is 11.1 Å². The molecule has 5 heteroatoms. The minimum Gasteiger partial charge on any atom is -0.368 e. The molecule has 3 N–H and O–H groups in total. The van der Waals surface area contributed by atoms with E-state index in [1.54, 1.807) is 4.57 Å². The Labute approximate surface area is 92.7 Å². The summed E-state index contributed by atoms with van der Waals surface area (Å²) in [6.45, 7) is 4.12. The number of aromatic nitrogens is 3. The van der Waals surface area contributed by atoms with Gasteiger partial charge < -0.3 is 5.73 Å². The van der Waals surface area contributed by atoms with Gasteiger partial charge in [0.25, 0.3) is 0 Å². The van der Waals surface area contributed by atoms with Crippen molar-refractivity contribution in [2.75, 3.05) is 5.73 Å². The maximum absolute atomic E-state index is 5.72.